The summed E-state index contributed by atoms with van der Waals surface area (Å²) in [5.74, 6) is -0.734. The predicted molar refractivity (Wildman–Crippen MR) is 131 cm³/mol. The number of ether oxygens (including phenoxy) is 4. The fourth-order valence-electron chi connectivity index (χ4n) is 3.88. The van der Waals surface area contributed by atoms with Crippen molar-refractivity contribution in [3.8, 4) is 6.01 Å². The van der Waals surface area contributed by atoms with Gasteiger partial charge in [-0.2, -0.15) is 0 Å². The van der Waals surface area contributed by atoms with Crippen molar-refractivity contribution in [3.05, 3.63) is 99.4 Å². The quantitative estimate of drug-likeness (QED) is 0.138. The highest BCUT2D eigenvalue weighted by atomic mass is 17.0. The maximum Gasteiger partial charge on any atom is 0.351 e. The third-order valence-corrected chi connectivity index (χ3v) is 5.39. The third kappa shape index (κ3) is 7.21. The highest BCUT2D eigenvalue weighted by Gasteiger charge is 2.50. The first-order valence-corrected chi connectivity index (χ1v) is 11.5. The molecule has 2 aromatic carbocycles. The van der Waals surface area contributed by atoms with Crippen molar-refractivity contribution in [1.29, 1.82) is 0 Å². The number of carbonyl (C=O) groups excluding carboxylic acids is 1. The molecule has 0 N–H and O–H groups in total. The van der Waals surface area contributed by atoms with Crippen LogP contribution in [0.25, 0.3) is 0 Å². The molecule has 0 fully saturated rings. The van der Waals surface area contributed by atoms with Gasteiger partial charge in [0.15, 0.2) is 5.60 Å². The molecule has 0 unspecified atom stereocenters. The van der Waals surface area contributed by atoms with Gasteiger partial charge in [-0.3, -0.25) is 0 Å². The van der Waals surface area contributed by atoms with Crippen molar-refractivity contribution >= 4 is 5.97 Å². The van der Waals surface area contributed by atoms with E-state index in [-0.39, 0.29) is 32.4 Å². The molecule has 3 aromatic rings. The van der Waals surface area contributed by atoms with E-state index in [2.05, 4.69) is 14.8 Å². The first kappa shape index (κ1) is 27.5. The maximum absolute atomic E-state index is 13.6. The van der Waals surface area contributed by atoms with Crippen molar-refractivity contribution < 1.29 is 33.7 Å². The first-order chi connectivity index (χ1) is 17.9. The van der Waals surface area contributed by atoms with Gasteiger partial charge in [0.25, 0.3) is 5.09 Å². The molecule has 0 saturated heterocycles. The van der Waals surface area contributed by atoms with Crippen molar-refractivity contribution in [2.75, 3.05) is 33.5 Å². The van der Waals surface area contributed by atoms with Crippen molar-refractivity contribution in [3.63, 3.8) is 0 Å². The average molecular weight is 512 g/mol. The minimum atomic E-state index is -1.42. The number of methoxy groups -OCH3 is 1. The molecule has 0 spiro atoms. The van der Waals surface area contributed by atoms with Crippen LogP contribution in [0.3, 0.4) is 0 Å². The summed E-state index contributed by atoms with van der Waals surface area (Å²) in [6.07, 6.45) is -1.35. The average Bonchev–Trinajstić information content (AvgIpc) is 2.88. The van der Waals surface area contributed by atoms with E-state index in [1.54, 1.807) is 19.9 Å². The molecule has 11 heteroatoms. The molecule has 0 bridgehead atoms. The number of hydrogen-bond donors (Lipinski definition) is 0. The highest BCUT2D eigenvalue weighted by Crippen LogP contribution is 2.39. The van der Waals surface area contributed by atoms with Crippen LogP contribution in [-0.4, -0.2) is 60.7 Å². The Bertz CT molecular complexity index is 1100. The normalized spacial score (nSPS) is 12.0. The Labute approximate surface area is 214 Å². The number of aryl methyl sites for hydroxylation is 2. The molecule has 0 radical (unpaired) electrons. The zero-order chi connectivity index (χ0) is 26.7. The molecule has 3 rings (SSSR count). The van der Waals surface area contributed by atoms with E-state index in [0.717, 1.165) is 0 Å². The molecule has 1 heterocycles. The number of benzene rings is 2. The topological polar surface area (TPSA) is 132 Å². The lowest BCUT2D eigenvalue weighted by Gasteiger charge is -2.38. The van der Waals surface area contributed by atoms with Crippen LogP contribution in [0.4, 0.5) is 0 Å². The second-order valence-corrected chi connectivity index (χ2v) is 7.94. The Morgan fingerprint density at radius 3 is 1.97 bits per heavy atom. The lowest BCUT2D eigenvalue weighted by molar-refractivity contribution is -0.758. The molecule has 11 nitrogen and oxygen atoms in total. The van der Waals surface area contributed by atoms with Crippen molar-refractivity contribution in [2.24, 2.45) is 0 Å². The molecule has 196 valence electrons. The van der Waals surface area contributed by atoms with Crippen LogP contribution in [0.1, 0.15) is 22.5 Å². The van der Waals surface area contributed by atoms with Gasteiger partial charge in [-0.25, -0.2) is 14.8 Å². The molecular weight excluding hydrogens is 482 g/mol. The fourth-order valence-corrected chi connectivity index (χ4v) is 3.88. The van der Waals surface area contributed by atoms with Crippen molar-refractivity contribution in [1.82, 2.24) is 9.97 Å². The van der Waals surface area contributed by atoms with Gasteiger partial charge in [0, 0.05) is 18.5 Å². The molecule has 0 amide bonds. The van der Waals surface area contributed by atoms with Gasteiger partial charge in [-0.15, -0.1) is 10.1 Å². The second kappa shape index (κ2) is 13.3. The van der Waals surface area contributed by atoms with Gasteiger partial charge in [-0.1, -0.05) is 60.7 Å². The SMILES string of the molecule is COC(c1ccccc1)(c1ccccc1)[C@H](Oc1nc(C)cc(C)n1)C(=O)OCCOCCO[N+](=O)[O-]. The number of nitrogens with zero attached hydrogens (tertiary/aromatic N) is 3. The summed E-state index contributed by atoms with van der Waals surface area (Å²) >= 11 is 0. The second-order valence-electron chi connectivity index (χ2n) is 7.94. The Morgan fingerprint density at radius 1 is 0.919 bits per heavy atom. The minimum Gasteiger partial charge on any atom is -0.460 e. The Hall–Kier alpha value is -4.09. The molecule has 0 aliphatic rings. The van der Waals surface area contributed by atoms with E-state index < -0.39 is 22.8 Å². The van der Waals surface area contributed by atoms with Gasteiger partial charge >= 0.3 is 12.0 Å². The molecule has 37 heavy (non-hydrogen) atoms. The van der Waals surface area contributed by atoms with Gasteiger partial charge in [0.2, 0.25) is 6.10 Å². The molecule has 1 aromatic heterocycles. The van der Waals surface area contributed by atoms with E-state index in [0.29, 0.717) is 22.5 Å². The van der Waals surface area contributed by atoms with Gasteiger partial charge < -0.3 is 23.8 Å². The van der Waals surface area contributed by atoms with E-state index in [1.165, 1.54) is 7.11 Å². The van der Waals surface area contributed by atoms with Crippen LogP contribution < -0.4 is 4.74 Å². The number of rotatable bonds is 14. The molecule has 0 aliphatic carbocycles. The summed E-state index contributed by atoms with van der Waals surface area (Å²) in [5, 5.41) is 9.32. The molecule has 0 aliphatic heterocycles. The van der Waals surface area contributed by atoms with Gasteiger partial charge in [0.1, 0.15) is 13.2 Å². The molecule has 1 atom stereocenters. The number of esters is 1. The Kier molecular flexibility index (Phi) is 9.87. The van der Waals surface area contributed by atoms with E-state index in [4.69, 9.17) is 18.9 Å². The van der Waals surface area contributed by atoms with Crippen LogP contribution in [0.5, 0.6) is 6.01 Å². The van der Waals surface area contributed by atoms with Crippen LogP contribution in [0.2, 0.25) is 0 Å². The number of carbonyl (C=O) groups is 1. The zero-order valence-corrected chi connectivity index (χ0v) is 20.9. The standard InChI is InChI=1S/C26H29N3O8/c1-19-18-20(2)28-25(27-19)37-23(24(30)35-16-14-34-15-17-36-29(31)32)26(33-3,21-10-6-4-7-11-21)22-12-8-5-9-13-22/h4-13,18,23H,14-17H2,1-3H3/t23-/m1/s1. The largest absolute Gasteiger partial charge is 0.460 e. The van der Waals surface area contributed by atoms with Crippen LogP contribution in [0.15, 0.2) is 66.7 Å². The highest BCUT2D eigenvalue weighted by molar-refractivity contribution is 5.78. The first-order valence-electron chi connectivity index (χ1n) is 11.5. The third-order valence-electron chi connectivity index (χ3n) is 5.39. The number of aromatic nitrogens is 2. The monoisotopic (exact) mass is 511 g/mol. The molecular formula is C26H29N3O8. The van der Waals surface area contributed by atoms with E-state index in [9.17, 15) is 14.9 Å². The summed E-state index contributed by atoms with van der Waals surface area (Å²) in [7, 11) is 1.49. The number of hydrogen-bond acceptors (Lipinski definition) is 10. The molecule has 0 saturated carbocycles. The zero-order valence-electron chi connectivity index (χ0n) is 20.9. The minimum absolute atomic E-state index is 0.000848. The smallest absolute Gasteiger partial charge is 0.351 e. The Morgan fingerprint density at radius 2 is 1.46 bits per heavy atom. The fraction of sp³-hybridized carbons (Fsp3) is 0.346. The van der Waals surface area contributed by atoms with Gasteiger partial charge in [0.05, 0.1) is 13.2 Å². The summed E-state index contributed by atoms with van der Waals surface area (Å²) in [6, 6.07) is 20.2. The van der Waals surface area contributed by atoms with Gasteiger partial charge in [-0.05, 0) is 31.0 Å². The predicted octanol–water partition coefficient (Wildman–Crippen LogP) is 3.20. The van der Waals surface area contributed by atoms with Crippen LogP contribution in [0, 0.1) is 24.0 Å². The summed E-state index contributed by atoms with van der Waals surface area (Å²) in [4.78, 5) is 36.7. The summed E-state index contributed by atoms with van der Waals surface area (Å²) in [6.45, 7) is 3.19. The van der Waals surface area contributed by atoms with Crippen LogP contribution >= 0.6 is 0 Å². The summed E-state index contributed by atoms with van der Waals surface area (Å²) in [5.41, 5.74) is 1.23. The maximum atomic E-state index is 13.6. The lowest BCUT2D eigenvalue weighted by atomic mass is 9.81. The van der Waals surface area contributed by atoms with E-state index >= 15 is 0 Å². The van der Waals surface area contributed by atoms with Crippen LogP contribution in [-0.2, 0) is 29.4 Å². The van der Waals surface area contributed by atoms with Crippen molar-refractivity contribution in [2.45, 2.75) is 25.6 Å². The lowest BCUT2D eigenvalue weighted by Crippen LogP contribution is -2.51. The Balaban J connectivity index is 1.94. The van der Waals surface area contributed by atoms with E-state index in [1.807, 2.05) is 60.7 Å². The summed E-state index contributed by atoms with van der Waals surface area (Å²) < 4.78 is 23.0.